The highest BCUT2D eigenvalue weighted by atomic mass is 32.2. The summed E-state index contributed by atoms with van der Waals surface area (Å²) in [5.41, 5.74) is 1.23. The third kappa shape index (κ3) is 4.69. The zero-order chi connectivity index (χ0) is 18.7. The lowest BCUT2D eigenvalue weighted by atomic mass is 10.1. The second-order valence-electron chi connectivity index (χ2n) is 7.71. The van der Waals surface area contributed by atoms with Gasteiger partial charge in [-0.2, -0.15) is 0 Å². The first-order chi connectivity index (χ1) is 13.1. The molecule has 2 aromatic rings. The van der Waals surface area contributed by atoms with Crippen LogP contribution in [-0.4, -0.2) is 52.1 Å². The number of piperazine rings is 1. The summed E-state index contributed by atoms with van der Waals surface area (Å²) in [5.74, 6) is 2.54. The van der Waals surface area contributed by atoms with Crippen molar-refractivity contribution < 1.29 is 23.0 Å². The van der Waals surface area contributed by atoms with E-state index in [2.05, 4.69) is 12.1 Å². The molecule has 144 valence electrons. The average Bonchev–Trinajstić information content (AvgIpc) is 3.05. The fraction of sp³-hybridized carbons (Fsp3) is 0.429. The Labute approximate surface area is 161 Å². The summed E-state index contributed by atoms with van der Waals surface area (Å²) in [7, 11) is -2.79. The second-order valence-corrected chi connectivity index (χ2v) is 9.94. The molecular weight excluding hydrogens is 360 g/mol. The largest absolute Gasteiger partial charge is 0.457 e. The number of ether oxygens (including phenoxy) is 1. The maximum Gasteiger partial charge on any atom is 0.156 e. The fourth-order valence-electron chi connectivity index (χ4n) is 4.26. The topological polar surface area (TPSA) is 52.2 Å². The zero-order valence-electron chi connectivity index (χ0n) is 15.6. The monoisotopic (exact) mass is 388 g/mol. The number of hydrogen-bond donors (Lipinski definition) is 2. The third-order valence-electron chi connectivity index (χ3n) is 5.79. The van der Waals surface area contributed by atoms with Crippen LogP contribution < -0.4 is 14.5 Å². The SMILES string of the molecule is O=S1(=O)CC[C@@H]([NH+]2CC[NH+](Cc3ccccc3Oc3ccccc3)CC2)C1. The van der Waals surface area contributed by atoms with Crippen LogP contribution in [-0.2, 0) is 16.4 Å². The van der Waals surface area contributed by atoms with Crippen LogP contribution >= 0.6 is 0 Å². The Hall–Kier alpha value is -1.89. The number of benzene rings is 2. The zero-order valence-corrected chi connectivity index (χ0v) is 16.4. The van der Waals surface area contributed by atoms with Crippen molar-refractivity contribution in [1.82, 2.24) is 0 Å². The average molecular weight is 389 g/mol. The molecule has 0 bridgehead atoms. The van der Waals surface area contributed by atoms with Crippen LogP contribution in [0.4, 0.5) is 0 Å². The van der Waals surface area contributed by atoms with Crippen molar-refractivity contribution in [2.75, 3.05) is 37.7 Å². The van der Waals surface area contributed by atoms with E-state index in [0.717, 1.165) is 50.6 Å². The van der Waals surface area contributed by atoms with Crippen LogP contribution in [0.25, 0.3) is 0 Å². The molecule has 1 atom stereocenters. The number of hydrogen-bond acceptors (Lipinski definition) is 3. The van der Waals surface area contributed by atoms with E-state index in [0.29, 0.717) is 17.5 Å². The lowest BCUT2D eigenvalue weighted by molar-refractivity contribution is -1.03. The van der Waals surface area contributed by atoms with Gasteiger partial charge in [-0.05, 0) is 24.3 Å². The predicted octanol–water partition coefficient (Wildman–Crippen LogP) is -0.0506. The maximum atomic E-state index is 11.7. The van der Waals surface area contributed by atoms with Crippen molar-refractivity contribution in [3.63, 3.8) is 0 Å². The van der Waals surface area contributed by atoms with Crippen LogP contribution in [0.1, 0.15) is 12.0 Å². The van der Waals surface area contributed by atoms with Crippen molar-refractivity contribution in [2.24, 2.45) is 0 Å². The van der Waals surface area contributed by atoms with Crippen molar-refractivity contribution in [3.8, 4) is 11.5 Å². The number of nitrogens with one attached hydrogen (secondary N) is 2. The summed E-state index contributed by atoms with van der Waals surface area (Å²) in [4.78, 5) is 3.03. The minimum atomic E-state index is -2.79. The Bertz CT molecular complexity index is 862. The molecular formula is C21H28N2O3S+2. The minimum absolute atomic E-state index is 0.310. The molecule has 2 heterocycles. The summed E-state index contributed by atoms with van der Waals surface area (Å²) >= 11 is 0. The van der Waals surface area contributed by atoms with Gasteiger partial charge >= 0.3 is 0 Å². The first kappa shape index (κ1) is 18.5. The molecule has 0 unspecified atom stereocenters. The van der Waals surface area contributed by atoms with Gasteiger partial charge in [0.1, 0.15) is 56.0 Å². The summed E-state index contributed by atoms with van der Waals surface area (Å²) < 4.78 is 29.6. The van der Waals surface area contributed by atoms with Crippen LogP contribution in [0.2, 0.25) is 0 Å². The Morgan fingerprint density at radius 1 is 0.926 bits per heavy atom. The van der Waals surface area contributed by atoms with E-state index in [9.17, 15) is 8.42 Å². The van der Waals surface area contributed by atoms with Crippen molar-refractivity contribution in [3.05, 3.63) is 60.2 Å². The van der Waals surface area contributed by atoms with E-state index in [1.807, 2.05) is 42.5 Å². The number of quaternary nitrogens is 2. The van der Waals surface area contributed by atoms with Crippen molar-refractivity contribution >= 4 is 9.84 Å². The van der Waals surface area contributed by atoms with Gasteiger partial charge in [-0.15, -0.1) is 0 Å². The molecule has 0 aliphatic carbocycles. The van der Waals surface area contributed by atoms with E-state index in [1.54, 1.807) is 4.90 Å². The highest BCUT2D eigenvalue weighted by Gasteiger charge is 2.37. The van der Waals surface area contributed by atoms with Gasteiger partial charge in [0.25, 0.3) is 0 Å². The molecule has 0 aromatic heterocycles. The molecule has 2 aliphatic heterocycles. The molecule has 2 saturated heterocycles. The molecule has 0 amide bonds. The lowest BCUT2D eigenvalue weighted by Crippen LogP contribution is -3.29. The van der Waals surface area contributed by atoms with Crippen LogP contribution in [0.15, 0.2) is 54.6 Å². The van der Waals surface area contributed by atoms with Gasteiger partial charge in [-0.1, -0.05) is 30.3 Å². The molecule has 0 spiro atoms. The summed E-state index contributed by atoms with van der Waals surface area (Å²) in [5, 5.41) is 0. The Morgan fingerprint density at radius 3 is 2.33 bits per heavy atom. The summed E-state index contributed by atoms with van der Waals surface area (Å²) in [6.45, 7) is 5.20. The van der Waals surface area contributed by atoms with Gasteiger partial charge in [0.15, 0.2) is 9.84 Å². The van der Waals surface area contributed by atoms with Crippen LogP contribution in [0.3, 0.4) is 0 Å². The molecule has 5 nitrogen and oxygen atoms in total. The van der Waals surface area contributed by atoms with Gasteiger partial charge in [-0.25, -0.2) is 8.42 Å². The van der Waals surface area contributed by atoms with Gasteiger partial charge in [0.05, 0.1) is 5.75 Å². The Balaban J connectivity index is 1.35. The standard InChI is InChI=1S/C21H26N2O3S/c24-27(25)15-10-19(17-27)23-13-11-22(12-14-23)16-18-6-4-5-9-21(18)26-20-7-2-1-3-8-20/h1-9,19H,10-17H2/p+2/t19-/m1/s1. The molecule has 2 N–H and O–H groups in total. The van der Waals surface area contributed by atoms with Crippen LogP contribution in [0.5, 0.6) is 11.5 Å². The quantitative estimate of drug-likeness (QED) is 0.755. The van der Waals surface area contributed by atoms with Crippen molar-refractivity contribution in [2.45, 2.75) is 19.0 Å². The first-order valence-electron chi connectivity index (χ1n) is 9.78. The van der Waals surface area contributed by atoms with Gasteiger partial charge in [-0.3, -0.25) is 0 Å². The Kier molecular flexibility index (Phi) is 5.48. The van der Waals surface area contributed by atoms with E-state index in [4.69, 9.17) is 4.74 Å². The molecule has 2 aromatic carbocycles. The minimum Gasteiger partial charge on any atom is -0.457 e. The molecule has 0 radical (unpaired) electrons. The smallest absolute Gasteiger partial charge is 0.156 e. The third-order valence-corrected chi connectivity index (χ3v) is 7.56. The van der Waals surface area contributed by atoms with E-state index < -0.39 is 9.84 Å². The van der Waals surface area contributed by atoms with E-state index in [1.165, 1.54) is 10.5 Å². The molecule has 0 saturated carbocycles. The van der Waals surface area contributed by atoms with E-state index in [-0.39, 0.29) is 0 Å². The highest BCUT2D eigenvalue weighted by Crippen LogP contribution is 2.24. The fourth-order valence-corrected chi connectivity index (χ4v) is 6.09. The van der Waals surface area contributed by atoms with Gasteiger partial charge in [0, 0.05) is 12.0 Å². The second kappa shape index (κ2) is 8.00. The first-order valence-corrected chi connectivity index (χ1v) is 11.6. The molecule has 6 heteroatoms. The predicted molar refractivity (Wildman–Crippen MR) is 105 cm³/mol. The lowest BCUT2D eigenvalue weighted by Gasteiger charge is -2.33. The number of rotatable bonds is 5. The Morgan fingerprint density at radius 2 is 1.63 bits per heavy atom. The van der Waals surface area contributed by atoms with Gasteiger partial charge in [0.2, 0.25) is 0 Å². The van der Waals surface area contributed by atoms with Crippen molar-refractivity contribution in [1.29, 1.82) is 0 Å². The van der Waals surface area contributed by atoms with E-state index >= 15 is 0 Å². The maximum absolute atomic E-state index is 11.7. The molecule has 2 fully saturated rings. The van der Waals surface area contributed by atoms with Gasteiger partial charge < -0.3 is 14.5 Å². The number of sulfone groups is 1. The van der Waals surface area contributed by atoms with Crippen LogP contribution in [0, 0.1) is 0 Å². The highest BCUT2D eigenvalue weighted by molar-refractivity contribution is 7.91. The number of para-hydroxylation sites is 2. The molecule has 27 heavy (non-hydrogen) atoms. The summed E-state index contributed by atoms with van der Waals surface area (Å²) in [6.07, 6.45) is 0.834. The molecule has 2 aliphatic rings. The molecule has 4 rings (SSSR count). The normalized spacial score (nSPS) is 27.3. The summed E-state index contributed by atoms with van der Waals surface area (Å²) in [6, 6.07) is 18.5.